The summed E-state index contributed by atoms with van der Waals surface area (Å²) in [7, 11) is 0. The monoisotopic (exact) mass is 345 g/mol. The molecule has 0 aliphatic carbocycles. The first-order chi connectivity index (χ1) is 12.1. The van der Waals surface area contributed by atoms with Crippen LogP contribution < -0.4 is 4.90 Å². The number of amides is 2. The van der Waals surface area contributed by atoms with E-state index in [1.807, 2.05) is 13.0 Å². The molecule has 132 valence electrons. The summed E-state index contributed by atoms with van der Waals surface area (Å²) in [5.74, 6) is 1.45. The van der Waals surface area contributed by atoms with Crippen molar-refractivity contribution in [2.24, 2.45) is 0 Å². The number of cyclic esters (lactones) is 1. The highest BCUT2D eigenvalue weighted by Crippen LogP contribution is 2.18. The van der Waals surface area contributed by atoms with Gasteiger partial charge in [0.2, 0.25) is 5.91 Å². The molecule has 2 fully saturated rings. The lowest BCUT2D eigenvalue weighted by Crippen LogP contribution is -2.51. The Morgan fingerprint density at radius 2 is 2.04 bits per heavy atom. The number of piperazine rings is 1. The van der Waals surface area contributed by atoms with Crippen molar-refractivity contribution < 1.29 is 14.3 Å². The van der Waals surface area contributed by atoms with Crippen LogP contribution in [0.4, 0.5) is 10.6 Å². The zero-order valence-corrected chi connectivity index (χ0v) is 14.0. The van der Waals surface area contributed by atoms with Crippen LogP contribution in [-0.2, 0) is 9.53 Å². The van der Waals surface area contributed by atoms with E-state index in [9.17, 15) is 9.59 Å². The van der Waals surface area contributed by atoms with E-state index in [0.29, 0.717) is 45.1 Å². The van der Waals surface area contributed by atoms with Gasteiger partial charge in [-0.05, 0) is 6.92 Å². The second-order valence-corrected chi connectivity index (χ2v) is 6.13. The number of hydrogen-bond acceptors (Lipinski definition) is 7. The fourth-order valence-electron chi connectivity index (χ4n) is 3.15. The molecule has 2 aromatic heterocycles. The van der Waals surface area contributed by atoms with Gasteiger partial charge < -0.3 is 14.5 Å². The van der Waals surface area contributed by atoms with Crippen molar-refractivity contribution >= 4 is 23.6 Å². The highest BCUT2D eigenvalue weighted by molar-refractivity contribution is 5.83. The smallest absolute Gasteiger partial charge is 0.410 e. The number of carbonyl (C=O) groups excluding carboxylic acids is 2. The summed E-state index contributed by atoms with van der Waals surface area (Å²) in [5.41, 5.74) is 0.876. The molecule has 0 atom stereocenters. The first kappa shape index (κ1) is 15.6. The van der Waals surface area contributed by atoms with Crippen LogP contribution in [0.15, 0.2) is 12.4 Å². The topological polar surface area (TPSA) is 96.2 Å². The molecule has 4 heterocycles. The van der Waals surface area contributed by atoms with E-state index >= 15 is 0 Å². The van der Waals surface area contributed by atoms with Gasteiger partial charge in [-0.15, -0.1) is 0 Å². The Hall–Kier alpha value is -2.91. The third kappa shape index (κ3) is 2.94. The molecule has 2 aliphatic rings. The molecule has 10 nitrogen and oxygen atoms in total. The number of fused-ring (bicyclic) bond motifs is 1. The summed E-state index contributed by atoms with van der Waals surface area (Å²) in [5, 5.41) is 4.23. The SMILES string of the molecule is Cc1cc(N2CCN(C(=O)CN3CCOC3=O)CC2)n2ncnc2n1. The molecule has 0 bridgehead atoms. The largest absolute Gasteiger partial charge is 0.448 e. The van der Waals surface area contributed by atoms with Crippen LogP contribution in [0.5, 0.6) is 0 Å². The molecule has 0 saturated carbocycles. The Kier molecular flexibility index (Phi) is 3.86. The van der Waals surface area contributed by atoms with Crippen LogP contribution in [-0.4, -0.2) is 87.3 Å². The van der Waals surface area contributed by atoms with Crippen molar-refractivity contribution in [2.45, 2.75) is 6.92 Å². The summed E-state index contributed by atoms with van der Waals surface area (Å²) < 4.78 is 6.57. The van der Waals surface area contributed by atoms with E-state index in [0.717, 1.165) is 11.5 Å². The van der Waals surface area contributed by atoms with E-state index in [-0.39, 0.29) is 12.5 Å². The minimum Gasteiger partial charge on any atom is -0.448 e. The Bertz CT molecular complexity index is 813. The minimum atomic E-state index is -0.409. The van der Waals surface area contributed by atoms with Crippen molar-refractivity contribution in [1.82, 2.24) is 29.4 Å². The summed E-state index contributed by atoms with van der Waals surface area (Å²) >= 11 is 0. The van der Waals surface area contributed by atoms with Gasteiger partial charge in [0.05, 0.1) is 6.54 Å². The molecule has 2 amide bonds. The number of hydrogen-bond donors (Lipinski definition) is 0. The van der Waals surface area contributed by atoms with Crippen molar-refractivity contribution in [3.05, 3.63) is 18.1 Å². The molecule has 25 heavy (non-hydrogen) atoms. The minimum absolute atomic E-state index is 0.0460. The number of anilines is 1. The number of rotatable bonds is 3. The number of ether oxygens (including phenoxy) is 1. The Labute approximate surface area is 144 Å². The molecular formula is C15H19N7O3. The number of aromatic nitrogens is 4. The van der Waals surface area contributed by atoms with E-state index in [1.165, 1.54) is 11.2 Å². The maximum absolute atomic E-state index is 12.4. The standard InChI is InChI=1S/C15H19N7O3/c1-11-8-12(22-14(18-11)16-10-17-22)19-2-4-20(5-3-19)13(23)9-21-6-7-25-15(21)24/h8,10H,2-7,9H2,1H3. The molecule has 0 N–H and O–H groups in total. The molecule has 10 heteroatoms. The number of nitrogens with zero attached hydrogens (tertiary/aromatic N) is 7. The van der Waals surface area contributed by atoms with Gasteiger partial charge in [0, 0.05) is 37.9 Å². The van der Waals surface area contributed by atoms with Gasteiger partial charge in [-0.25, -0.2) is 9.78 Å². The molecule has 2 aromatic rings. The predicted molar refractivity (Wildman–Crippen MR) is 87.2 cm³/mol. The van der Waals surface area contributed by atoms with E-state index in [4.69, 9.17) is 4.74 Å². The zero-order chi connectivity index (χ0) is 17.4. The van der Waals surface area contributed by atoms with Gasteiger partial charge in [0.25, 0.3) is 5.78 Å². The lowest BCUT2D eigenvalue weighted by atomic mass is 10.3. The third-order valence-electron chi connectivity index (χ3n) is 4.49. The zero-order valence-electron chi connectivity index (χ0n) is 14.0. The fraction of sp³-hybridized carbons (Fsp3) is 0.533. The van der Waals surface area contributed by atoms with E-state index in [2.05, 4.69) is 20.0 Å². The molecule has 0 spiro atoms. The molecule has 0 aromatic carbocycles. The maximum atomic E-state index is 12.4. The second kappa shape index (κ2) is 6.19. The summed E-state index contributed by atoms with van der Waals surface area (Å²) in [6.07, 6.45) is 1.08. The van der Waals surface area contributed by atoms with Gasteiger partial charge in [-0.3, -0.25) is 9.69 Å². The first-order valence-corrected chi connectivity index (χ1v) is 8.23. The average Bonchev–Trinajstić information content (AvgIpc) is 3.23. The number of carbonyl (C=O) groups is 2. The highest BCUT2D eigenvalue weighted by atomic mass is 16.6. The van der Waals surface area contributed by atoms with Crippen LogP contribution in [0.1, 0.15) is 5.69 Å². The summed E-state index contributed by atoms with van der Waals surface area (Å²) in [6, 6.07) is 1.97. The molecule has 4 rings (SSSR count). The first-order valence-electron chi connectivity index (χ1n) is 8.23. The lowest BCUT2D eigenvalue weighted by molar-refractivity contribution is -0.132. The molecule has 0 unspecified atom stereocenters. The quantitative estimate of drug-likeness (QED) is 0.742. The van der Waals surface area contributed by atoms with Gasteiger partial charge in [-0.1, -0.05) is 0 Å². The highest BCUT2D eigenvalue weighted by Gasteiger charge is 2.28. The van der Waals surface area contributed by atoms with Gasteiger partial charge in [0.1, 0.15) is 25.3 Å². The summed E-state index contributed by atoms with van der Waals surface area (Å²) in [6.45, 7) is 5.41. The van der Waals surface area contributed by atoms with Crippen molar-refractivity contribution in [3.8, 4) is 0 Å². The van der Waals surface area contributed by atoms with Crippen molar-refractivity contribution in [1.29, 1.82) is 0 Å². The molecule has 0 radical (unpaired) electrons. The Balaban J connectivity index is 1.41. The number of aryl methyl sites for hydroxylation is 1. The fourth-order valence-corrected chi connectivity index (χ4v) is 3.15. The summed E-state index contributed by atoms with van der Waals surface area (Å²) in [4.78, 5) is 37.7. The van der Waals surface area contributed by atoms with Gasteiger partial charge in [0.15, 0.2) is 0 Å². The van der Waals surface area contributed by atoms with Crippen molar-refractivity contribution in [3.63, 3.8) is 0 Å². The van der Waals surface area contributed by atoms with E-state index in [1.54, 1.807) is 9.42 Å². The maximum Gasteiger partial charge on any atom is 0.410 e. The van der Waals surface area contributed by atoms with E-state index < -0.39 is 6.09 Å². The van der Waals surface area contributed by atoms with Crippen LogP contribution in [0.25, 0.3) is 5.78 Å². The molecule has 2 aliphatic heterocycles. The Morgan fingerprint density at radius 3 is 2.76 bits per heavy atom. The van der Waals surface area contributed by atoms with Gasteiger partial charge in [-0.2, -0.15) is 14.6 Å². The Morgan fingerprint density at radius 1 is 1.24 bits per heavy atom. The van der Waals surface area contributed by atoms with Crippen LogP contribution >= 0.6 is 0 Å². The van der Waals surface area contributed by atoms with Crippen LogP contribution in [0.3, 0.4) is 0 Å². The van der Waals surface area contributed by atoms with Crippen molar-refractivity contribution in [2.75, 3.05) is 50.8 Å². The average molecular weight is 345 g/mol. The molecular weight excluding hydrogens is 326 g/mol. The van der Waals surface area contributed by atoms with Crippen LogP contribution in [0.2, 0.25) is 0 Å². The lowest BCUT2D eigenvalue weighted by Gasteiger charge is -2.36. The second-order valence-electron chi connectivity index (χ2n) is 6.13. The molecule has 2 saturated heterocycles. The predicted octanol–water partition coefficient (Wildman–Crippen LogP) is -0.466. The normalized spacial score (nSPS) is 18.1. The van der Waals surface area contributed by atoms with Crippen LogP contribution in [0, 0.1) is 6.92 Å². The third-order valence-corrected chi connectivity index (χ3v) is 4.49. The van der Waals surface area contributed by atoms with Gasteiger partial charge >= 0.3 is 6.09 Å².